The van der Waals surface area contributed by atoms with Gasteiger partial charge in [-0.05, 0) is 6.42 Å². The number of aliphatic hydroxyl groups is 3. The molecular formula is C7H14O6. The van der Waals surface area contributed by atoms with Gasteiger partial charge in [-0.15, -0.1) is 0 Å². The normalized spacial score (nSPS) is 15.3. The van der Waals surface area contributed by atoms with E-state index in [-0.39, 0.29) is 13.0 Å². The molecule has 0 fully saturated rings. The number of carboxylic acids is 1. The first kappa shape index (κ1) is 12.3. The van der Waals surface area contributed by atoms with Crippen molar-refractivity contribution in [2.24, 2.45) is 0 Å². The Kier molecular flexibility index (Phi) is 6.43. The lowest BCUT2D eigenvalue weighted by molar-refractivity contribution is -0.142. The van der Waals surface area contributed by atoms with Crippen molar-refractivity contribution in [2.45, 2.75) is 18.6 Å². The Hall–Kier alpha value is -0.690. The molecule has 0 radical (unpaired) electrons. The molecule has 0 bridgehead atoms. The van der Waals surface area contributed by atoms with Crippen molar-refractivity contribution in [3.05, 3.63) is 0 Å². The lowest BCUT2D eigenvalue weighted by Crippen LogP contribution is -2.30. The topological polar surface area (TPSA) is 107 Å². The molecule has 2 atom stereocenters. The molecule has 0 spiro atoms. The van der Waals surface area contributed by atoms with Crippen LogP contribution >= 0.6 is 0 Å². The summed E-state index contributed by atoms with van der Waals surface area (Å²) in [5.41, 5.74) is 0. The zero-order valence-electron chi connectivity index (χ0n) is 7.09. The molecule has 0 aliphatic heterocycles. The van der Waals surface area contributed by atoms with E-state index in [0.29, 0.717) is 0 Å². The minimum absolute atomic E-state index is 0.0323. The zero-order valence-corrected chi connectivity index (χ0v) is 7.09. The number of ether oxygens (including phenoxy) is 1. The van der Waals surface area contributed by atoms with E-state index in [0.717, 1.165) is 0 Å². The van der Waals surface area contributed by atoms with Crippen LogP contribution in [0.25, 0.3) is 0 Å². The van der Waals surface area contributed by atoms with Crippen LogP contribution in [0, 0.1) is 0 Å². The third kappa shape index (κ3) is 6.47. The monoisotopic (exact) mass is 194 g/mol. The van der Waals surface area contributed by atoms with Gasteiger partial charge in [0.25, 0.3) is 0 Å². The molecule has 4 N–H and O–H groups in total. The maximum Gasteiger partial charge on any atom is 0.329 e. The number of aliphatic hydroxyl groups excluding tert-OH is 3. The molecule has 0 aromatic rings. The van der Waals surface area contributed by atoms with Crippen molar-refractivity contribution in [3.8, 4) is 0 Å². The second-order valence-electron chi connectivity index (χ2n) is 2.55. The fourth-order valence-corrected chi connectivity index (χ4v) is 0.678. The van der Waals surface area contributed by atoms with Crippen molar-refractivity contribution < 1.29 is 30.0 Å². The summed E-state index contributed by atoms with van der Waals surface area (Å²) in [5, 5.41) is 34.5. The van der Waals surface area contributed by atoms with Gasteiger partial charge in [0.1, 0.15) is 12.7 Å². The molecule has 0 aliphatic carbocycles. The average molecular weight is 194 g/mol. The van der Waals surface area contributed by atoms with Crippen LogP contribution in [0.2, 0.25) is 0 Å². The number of rotatable bonds is 7. The van der Waals surface area contributed by atoms with E-state index in [1.165, 1.54) is 0 Å². The van der Waals surface area contributed by atoms with E-state index < -0.39 is 31.4 Å². The highest BCUT2D eigenvalue weighted by atomic mass is 16.5. The maximum atomic E-state index is 9.96. The summed E-state index contributed by atoms with van der Waals surface area (Å²) >= 11 is 0. The predicted molar refractivity (Wildman–Crippen MR) is 42.2 cm³/mol. The Morgan fingerprint density at radius 3 is 2.38 bits per heavy atom. The van der Waals surface area contributed by atoms with E-state index in [4.69, 9.17) is 20.4 Å². The van der Waals surface area contributed by atoms with E-state index in [2.05, 4.69) is 4.74 Å². The summed E-state index contributed by atoms with van der Waals surface area (Å²) in [7, 11) is 0. The Labute approximate surface area is 75.4 Å². The van der Waals surface area contributed by atoms with Gasteiger partial charge >= 0.3 is 5.97 Å². The van der Waals surface area contributed by atoms with E-state index in [1.807, 2.05) is 0 Å². The molecule has 13 heavy (non-hydrogen) atoms. The minimum atomic E-state index is -1.20. The summed E-state index contributed by atoms with van der Waals surface area (Å²) in [6.45, 7) is -0.924. The van der Waals surface area contributed by atoms with Crippen LogP contribution in [0.15, 0.2) is 0 Å². The van der Waals surface area contributed by atoms with Crippen LogP contribution in [0.3, 0.4) is 0 Å². The quantitative estimate of drug-likeness (QED) is 0.356. The van der Waals surface area contributed by atoms with Crippen LogP contribution in [0.1, 0.15) is 6.42 Å². The SMILES string of the molecule is O=C(O)COCCC(O)C(O)CO. The summed E-state index contributed by atoms with van der Waals surface area (Å²) in [6.07, 6.45) is -2.19. The van der Waals surface area contributed by atoms with Crippen LogP contribution in [0.5, 0.6) is 0 Å². The van der Waals surface area contributed by atoms with Crippen LogP contribution in [-0.2, 0) is 9.53 Å². The lowest BCUT2D eigenvalue weighted by Gasteiger charge is -2.14. The Morgan fingerprint density at radius 1 is 1.31 bits per heavy atom. The Balaban J connectivity index is 3.36. The summed E-state index contributed by atoms with van der Waals surface area (Å²) in [4.78, 5) is 9.96. The van der Waals surface area contributed by atoms with Gasteiger partial charge in [0.2, 0.25) is 0 Å². The highest BCUT2D eigenvalue weighted by molar-refractivity contribution is 5.67. The highest BCUT2D eigenvalue weighted by Crippen LogP contribution is 1.98. The molecule has 0 saturated carbocycles. The third-order valence-electron chi connectivity index (χ3n) is 1.41. The molecule has 6 nitrogen and oxygen atoms in total. The van der Waals surface area contributed by atoms with Crippen molar-refractivity contribution in [2.75, 3.05) is 19.8 Å². The van der Waals surface area contributed by atoms with Crippen LogP contribution < -0.4 is 0 Å². The van der Waals surface area contributed by atoms with Gasteiger partial charge in [0.05, 0.1) is 12.7 Å². The number of carbonyl (C=O) groups is 1. The first-order chi connectivity index (χ1) is 6.07. The number of hydrogen-bond acceptors (Lipinski definition) is 5. The summed E-state index contributed by atoms with van der Waals surface area (Å²) < 4.78 is 4.61. The van der Waals surface area contributed by atoms with Gasteiger partial charge in [0, 0.05) is 6.61 Å². The molecule has 0 aromatic heterocycles. The average Bonchev–Trinajstić information content (AvgIpc) is 2.10. The molecule has 0 aliphatic rings. The number of hydrogen-bond donors (Lipinski definition) is 4. The van der Waals surface area contributed by atoms with E-state index >= 15 is 0 Å². The van der Waals surface area contributed by atoms with Gasteiger partial charge < -0.3 is 25.2 Å². The molecule has 2 unspecified atom stereocenters. The minimum Gasteiger partial charge on any atom is -0.480 e. The largest absolute Gasteiger partial charge is 0.480 e. The van der Waals surface area contributed by atoms with Gasteiger partial charge in [-0.3, -0.25) is 0 Å². The molecule has 78 valence electrons. The molecule has 0 saturated heterocycles. The number of aliphatic carboxylic acids is 1. The standard InChI is InChI=1S/C7H14O6/c8-3-6(10)5(9)1-2-13-4-7(11)12/h5-6,8-10H,1-4H2,(H,11,12). The second-order valence-corrected chi connectivity index (χ2v) is 2.55. The molecule has 0 amide bonds. The molecule has 0 heterocycles. The van der Waals surface area contributed by atoms with E-state index in [1.54, 1.807) is 0 Å². The van der Waals surface area contributed by atoms with Gasteiger partial charge in [0.15, 0.2) is 0 Å². The van der Waals surface area contributed by atoms with Crippen molar-refractivity contribution in [1.82, 2.24) is 0 Å². The fourth-order valence-electron chi connectivity index (χ4n) is 0.678. The first-order valence-corrected chi connectivity index (χ1v) is 3.84. The predicted octanol–water partition coefficient (Wildman–Crippen LogP) is -1.81. The van der Waals surface area contributed by atoms with Gasteiger partial charge in [-0.25, -0.2) is 4.79 Å². The maximum absolute atomic E-state index is 9.96. The van der Waals surface area contributed by atoms with Gasteiger partial charge in [-0.2, -0.15) is 0 Å². The lowest BCUT2D eigenvalue weighted by atomic mass is 10.1. The first-order valence-electron chi connectivity index (χ1n) is 3.84. The van der Waals surface area contributed by atoms with Gasteiger partial charge in [-0.1, -0.05) is 0 Å². The third-order valence-corrected chi connectivity index (χ3v) is 1.41. The van der Waals surface area contributed by atoms with E-state index in [9.17, 15) is 4.79 Å². The fraction of sp³-hybridized carbons (Fsp3) is 0.857. The molecule has 0 aromatic carbocycles. The Morgan fingerprint density at radius 2 is 1.92 bits per heavy atom. The molecular weight excluding hydrogens is 180 g/mol. The summed E-state index contributed by atoms with van der Waals surface area (Å²) in [6, 6.07) is 0. The molecule has 0 rings (SSSR count). The second kappa shape index (κ2) is 6.79. The van der Waals surface area contributed by atoms with Crippen molar-refractivity contribution >= 4 is 5.97 Å². The van der Waals surface area contributed by atoms with Crippen LogP contribution in [-0.4, -0.2) is 58.4 Å². The smallest absolute Gasteiger partial charge is 0.329 e. The van der Waals surface area contributed by atoms with Crippen molar-refractivity contribution in [1.29, 1.82) is 0 Å². The Bertz CT molecular complexity index is 148. The zero-order chi connectivity index (χ0) is 10.3. The summed E-state index contributed by atoms with van der Waals surface area (Å²) in [5.74, 6) is -1.09. The molecule has 6 heteroatoms. The number of carboxylic acid groups (broad SMARTS) is 1. The highest BCUT2D eigenvalue weighted by Gasteiger charge is 2.14. The van der Waals surface area contributed by atoms with Crippen LogP contribution in [0.4, 0.5) is 0 Å². The van der Waals surface area contributed by atoms with Crippen molar-refractivity contribution in [3.63, 3.8) is 0 Å².